The molecule has 0 saturated carbocycles. The van der Waals surface area contributed by atoms with Gasteiger partial charge in [-0.2, -0.15) is 18.2 Å². The first-order valence-corrected chi connectivity index (χ1v) is 4.31. The highest BCUT2D eigenvalue weighted by atomic mass is 19.4. The number of halogens is 3. The second kappa shape index (κ2) is 3.58. The van der Waals surface area contributed by atoms with E-state index in [0.29, 0.717) is 5.82 Å². The first-order valence-electron chi connectivity index (χ1n) is 4.31. The smallest absolute Gasteiger partial charge is 0.334 e. The number of aromatic nitrogens is 3. The summed E-state index contributed by atoms with van der Waals surface area (Å²) in [6.07, 6.45) is -3.43. The average molecular weight is 229 g/mol. The molecule has 0 bridgehead atoms. The van der Waals surface area contributed by atoms with E-state index in [2.05, 4.69) is 15.1 Å². The molecule has 0 aliphatic rings. The van der Waals surface area contributed by atoms with Crippen LogP contribution >= 0.6 is 0 Å². The molecule has 7 heteroatoms. The van der Waals surface area contributed by atoms with Crippen molar-refractivity contribution < 1.29 is 17.7 Å². The van der Waals surface area contributed by atoms with Crippen molar-refractivity contribution in [2.24, 2.45) is 0 Å². The van der Waals surface area contributed by atoms with Crippen LogP contribution < -0.4 is 0 Å². The van der Waals surface area contributed by atoms with E-state index >= 15 is 0 Å². The minimum absolute atomic E-state index is 0.0467. The number of aryl methyl sites for hydroxylation is 1. The van der Waals surface area contributed by atoms with Crippen molar-refractivity contribution in [3.63, 3.8) is 0 Å². The minimum Gasteiger partial charge on any atom is -0.334 e. The highest BCUT2D eigenvalue weighted by Gasteiger charge is 2.32. The molecule has 2 aromatic rings. The van der Waals surface area contributed by atoms with Gasteiger partial charge in [-0.15, -0.1) is 0 Å². The Hall–Kier alpha value is -1.92. The van der Waals surface area contributed by atoms with Crippen molar-refractivity contribution in [3.8, 4) is 11.5 Å². The van der Waals surface area contributed by atoms with E-state index in [4.69, 9.17) is 4.52 Å². The first-order chi connectivity index (χ1) is 7.47. The molecular weight excluding hydrogens is 223 g/mol. The fourth-order valence-electron chi connectivity index (χ4n) is 1.13. The molecule has 2 heterocycles. The van der Waals surface area contributed by atoms with Gasteiger partial charge in [0.2, 0.25) is 0 Å². The van der Waals surface area contributed by atoms with E-state index in [9.17, 15) is 13.2 Å². The summed E-state index contributed by atoms with van der Waals surface area (Å²) in [6.45, 7) is 1.58. The molecule has 0 aromatic carbocycles. The Morgan fingerprint density at radius 1 is 1.31 bits per heavy atom. The van der Waals surface area contributed by atoms with Crippen molar-refractivity contribution in [2.45, 2.75) is 13.1 Å². The lowest BCUT2D eigenvalue weighted by Gasteiger charge is -2.05. The molecule has 0 aliphatic carbocycles. The van der Waals surface area contributed by atoms with Gasteiger partial charge >= 0.3 is 6.18 Å². The molecule has 2 aromatic heterocycles. The maximum absolute atomic E-state index is 12.4. The number of nitrogens with zero attached hydrogens (tertiary/aromatic N) is 3. The maximum Gasteiger partial charge on any atom is 0.433 e. The summed E-state index contributed by atoms with van der Waals surface area (Å²) >= 11 is 0. The molecule has 0 saturated heterocycles. The molecular formula is C9H6F3N3O. The standard InChI is InChI=1S/C9H6F3N3O/c1-5-14-8(16-15-5)6-2-3-13-7(4-6)9(10,11)12/h2-4H,1H3. The number of rotatable bonds is 1. The zero-order valence-corrected chi connectivity index (χ0v) is 8.12. The SMILES string of the molecule is Cc1noc(-c2ccnc(C(F)(F)F)c2)n1. The van der Waals surface area contributed by atoms with Gasteiger partial charge < -0.3 is 4.52 Å². The lowest BCUT2D eigenvalue weighted by Crippen LogP contribution is -2.07. The van der Waals surface area contributed by atoms with E-state index < -0.39 is 11.9 Å². The van der Waals surface area contributed by atoms with Crippen LogP contribution in [0, 0.1) is 6.92 Å². The van der Waals surface area contributed by atoms with Gasteiger partial charge in [0.15, 0.2) is 5.82 Å². The van der Waals surface area contributed by atoms with Gasteiger partial charge in [0.1, 0.15) is 5.69 Å². The third-order valence-corrected chi connectivity index (χ3v) is 1.82. The van der Waals surface area contributed by atoms with Gasteiger partial charge in [-0.1, -0.05) is 5.16 Å². The van der Waals surface area contributed by atoms with Crippen LogP contribution in [-0.2, 0) is 6.18 Å². The van der Waals surface area contributed by atoms with Crippen LogP contribution in [0.1, 0.15) is 11.5 Å². The molecule has 0 spiro atoms. The summed E-state index contributed by atoms with van der Waals surface area (Å²) < 4.78 is 41.8. The summed E-state index contributed by atoms with van der Waals surface area (Å²) in [4.78, 5) is 7.06. The number of pyridine rings is 1. The van der Waals surface area contributed by atoms with E-state index in [0.717, 1.165) is 12.3 Å². The van der Waals surface area contributed by atoms with Gasteiger partial charge in [0, 0.05) is 11.8 Å². The van der Waals surface area contributed by atoms with Crippen LogP contribution in [0.3, 0.4) is 0 Å². The Balaban J connectivity index is 2.44. The van der Waals surface area contributed by atoms with Crippen molar-refractivity contribution in [1.29, 1.82) is 0 Å². The summed E-state index contributed by atoms with van der Waals surface area (Å²) in [6, 6.07) is 2.25. The van der Waals surface area contributed by atoms with Crippen LogP contribution in [0.4, 0.5) is 13.2 Å². The van der Waals surface area contributed by atoms with Crippen LogP contribution in [0.25, 0.3) is 11.5 Å². The summed E-state index contributed by atoms with van der Waals surface area (Å²) in [5.41, 5.74) is -0.788. The number of hydrogen-bond donors (Lipinski definition) is 0. The lowest BCUT2D eigenvalue weighted by atomic mass is 10.2. The summed E-state index contributed by atoms with van der Waals surface area (Å²) in [5.74, 6) is 0.408. The Morgan fingerprint density at radius 2 is 2.06 bits per heavy atom. The molecule has 0 amide bonds. The summed E-state index contributed by atoms with van der Waals surface area (Å²) in [7, 11) is 0. The maximum atomic E-state index is 12.4. The quantitative estimate of drug-likeness (QED) is 0.753. The van der Waals surface area contributed by atoms with Gasteiger partial charge in [-0.05, 0) is 19.1 Å². The Bertz CT molecular complexity index is 507. The monoisotopic (exact) mass is 229 g/mol. The van der Waals surface area contributed by atoms with Crippen LogP contribution in [0.2, 0.25) is 0 Å². The fourth-order valence-corrected chi connectivity index (χ4v) is 1.13. The topological polar surface area (TPSA) is 51.8 Å². The highest BCUT2D eigenvalue weighted by molar-refractivity contribution is 5.52. The Morgan fingerprint density at radius 3 is 2.62 bits per heavy atom. The predicted octanol–water partition coefficient (Wildman–Crippen LogP) is 2.46. The number of hydrogen-bond acceptors (Lipinski definition) is 4. The van der Waals surface area contributed by atoms with Crippen molar-refractivity contribution in [1.82, 2.24) is 15.1 Å². The van der Waals surface area contributed by atoms with Gasteiger partial charge in [-0.25, -0.2) is 0 Å². The van der Waals surface area contributed by atoms with Crippen LogP contribution in [0.15, 0.2) is 22.9 Å². The normalized spacial score (nSPS) is 11.8. The van der Waals surface area contributed by atoms with E-state index in [1.54, 1.807) is 6.92 Å². The molecule has 84 valence electrons. The number of alkyl halides is 3. The van der Waals surface area contributed by atoms with Crippen LogP contribution in [-0.4, -0.2) is 15.1 Å². The molecule has 0 unspecified atom stereocenters. The molecule has 16 heavy (non-hydrogen) atoms. The van der Waals surface area contributed by atoms with Gasteiger partial charge in [0.25, 0.3) is 5.89 Å². The third-order valence-electron chi connectivity index (χ3n) is 1.82. The molecule has 4 nitrogen and oxygen atoms in total. The molecule has 2 rings (SSSR count). The minimum atomic E-state index is -4.48. The molecule has 0 fully saturated rings. The van der Waals surface area contributed by atoms with Crippen molar-refractivity contribution >= 4 is 0 Å². The average Bonchev–Trinajstić information content (AvgIpc) is 2.64. The van der Waals surface area contributed by atoms with Crippen LogP contribution in [0.5, 0.6) is 0 Å². The van der Waals surface area contributed by atoms with E-state index in [1.165, 1.54) is 6.07 Å². The van der Waals surface area contributed by atoms with E-state index in [1.807, 2.05) is 0 Å². The zero-order chi connectivity index (χ0) is 11.8. The molecule has 0 radical (unpaired) electrons. The summed E-state index contributed by atoms with van der Waals surface area (Å²) in [5, 5.41) is 3.50. The van der Waals surface area contributed by atoms with Gasteiger partial charge in [0.05, 0.1) is 0 Å². The Kier molecular flexibility index (Phi) is 2.37. The molecule has 0 N–H and O–H groups in total. The van der Waals surface area contributed by atoms with E-state index in [-0.39, 0.29) is 11.5 Å². The lowest BCUT2D eigenvalue weighted by molar-refractivity contribution is -0.141. The van der Waals surface area contributed by atoms with Crippen molar-refractivity contribution in [2.75, 3.05) is 0 Å². The van der Waals surface area contributed by atoms with Gasteiger partial charge in [-0.3, -0.25) is 4.98 Å². The predicted molar refractivity (Wildman–Crippen MR) is 47.3 cm³/mol. The highest BCUT2D eigenvalue weighted by Crippen LogP contribution is 2.29. The second-order valence-corrected chi connectivity index (χ2v) is 3.07. The zero-order valence-electron chi connectivity index (χ0n) is 8.12. The Labute approximate surface area is 88.1 Å². The first kappa shape index (κ1) is 10.6. The fraction of sp³-hybridized carbons (Fsp3) is 0.222. The van der Waals surface area contributed by atoms with Crippen molar-refractivity contribution in [3.05, 3.63) is 29.8 Å². The molecule has 0 aliphatic heterocycles. The largest absolute Gasteiger partial charge is 0.433 e. The third kappa shape index (κ3) is 2.02. The second-order valence-electron chi connectivity index (χ2n) is 3.07. The molecule has 0 atom stereocenters.